The molecule has 4 heteroatoms. The number of aliphatic carboxylic acids is 1. The van der Waals surface area contributed by atoms with Crippen LogP contribution < -0.4 is 5.32 Å². The van der Waals surface area contributed by atoms with Crippen molar-refractivity contribution in [3.05, 3.63) is 0 Å². The molecule has 0 aliphatic heterocycles. The van der Waals surface area contributed by atoms with Crippen molar-refractivity contribution >= 4 is 11.9 Å². The maximum Gasteiger partial charge on any atom is 0.311 e. The average Bonchev–Trinajstić information content (AvgIpc) is 2.22. The van der Waals surface area contributed by atoms with Crippen molar-refractivity contribution in [3.63, 3.8) is 0 Å². The number of amides is 1. The zero-order valence-corrected chi connectivity index (χ0v) is 9.80. The molecule has 0 heterocycles. The number of rotatable bonds is 7. The molecule has 0 saturated carbocycles. The highest BCUT2D eigenvalue weighted by molar-refractivity contribution is 5.78. The van der Waals surface area contributed by atoms with Crippen LogP contribution in [-0.2, 0) is 9.59 Å². The standard InChI is InChI=1S/C11H21NO3/c1-4-6-7-9(13)12-8-11(3,5-2)10(14)15/h4-8H2,1-3H3,(H,12,13)(H,14,15). The van der Waals surface area contributed by atoms with Gasteiger partial charge in [0.15, 0.2) is 0 Å². The van der Waals surface area contributed by atoms with Crippen molar-refractivity contribution in [1.29, 1.82) is 0 Å². The minimum Gasteiger partial charge on any atom is -0.481 e. The molecule has 88 valence electrons. The second-order valence-electron chi connectivity index (χ2n) is 4.10. The lowest BCUT2D eigenvalue weighted by molar-refractivity contribution is -0.148. The maximum absolute atomic E-state index is 11.3. The van der Waals surface area contributed by atoms with Crippen molar-refractivity contribution in [2.24, 2.45) is 5.41 Å². The molecule has 1 unspecified atom stereocenters. The molecule has 0 aromatic heterocycles. The lowest BCUT2D eigenvalue weighted by Gasteiger charge is -2.23. The van der Waals surface area contributed by atoms with Crippen LogP contribution in [0.15, 0.2) is 0 Å². The van der Waals surface area contributed by atoms with E-state index in [4.69, 9.17) is 5.11 Å². The summed E-state index contributed by atoms with van der Waals surface area (Å²) < 4.78 is 0. The van der Waals surface area contributed by atoms with Gasteiger partial charge in [-0.05, 0) is 19.8 Å². The molecule has 0 spiro atoms. The molecular formula is C11H21NO3. The third-order valence-corrected chi connectivity index (χ3v) is 2.73. The molecule has 15 heavy (non-hydrogen) atoms. The van der Waals surface area contributed by atoms with Gasteiger partial charge in [0.1, 0.15) is 0 Å². The largest absolute Gasteiger partial charge is 0.481 e. The third-order valence-electron chi connectivity index (χ3n) is 2.73. The Balaban J connectivity index is 4.01. The highest BCUT2D eigenvalue weighted by Gasteiger charge is 2.31. The van der Waals surface area contributed by atoms with E-state index < -0.39 is 11.4 Å². The zero-order valence-electron chi connectivity index (χ0n) is 9.80. The van der Waals surface area contributed by atoms with Crippen LogP contribution in [0.2, 0.25) is 0 Å². The van der Waals surface area contributed by atoms with Gasteiger partial charge >= 0.3 is 5.97 Å². The highest BCUT2D eigenvalue weighted by Crippen LogP contribution is 2.19. The van der Waals surface area contributed by atoms with Crippen LogP contribution in [0.1, 0.15) is 46.5 Å². The van der Waals surface area contributed by atoms with Crippen molar-refractivity contribution in [3.8, 4) is 0 Å². The summed E-state index contributed by atoms with van der Waals surface area (Å²) in [6.45, 7) is 5.68. The number of carboxylic acids is 1. The normalized spacial score (nSPS) is 14.3. The Morgan fingerprint density at radius 1 is 1.33 bits per heavy atom. The van der Waals surface area contributed by atoms with Crippen LogP contribution in [0.5, 0.6) is 0 Å². The summed E-state index contributed by atoms with van der Waals surface area (Å²) in [5.74, 6) is -0.918. The van der Waals surface area contributed by atoms with Crippen molar-refractivity contribution in [2.45, 2.75) is 46.5 Å². The number of carbonyl (C=O) groups is 2. The fraction of sp³-hybridized carbons (Fsp3) is 0.818. The van der Waals surface area contributed by atoms with Gasteiger partial charge in [0, 0.05) is 13.0 Å². The summed E-state index contributed by atoms with van der Waals surface area (Å²) in [7, 11) is 0. The van der Waals surface area contributed by atoms with E-state index in [1.807, 2.05) is 13.8 Å². The van der Waals surface area contributed by atoms with Gasteiger partial charge in [-0.25, -0.2) is 0 Å². The molecule has 0 aliphatic rings. The quantitative estimate of drug-likeness (QED) is 0.680. The molecule has 4 nitrogen and oxygen atoms in total. The minimum absolute atomic E-state index is 0.0576. The predicted octanol–water partition coefficient (Wildman–Crippen LogP) is 1.79. The molecule has 0 aliphatic carbocycles. The second-order valence-corrected chi connectivity index (χ2v) is 4.10. The molecular weight excluding hydrogens is 194 g/mol. The van der Waals surface area contributed by atoms with E-state index in [0.717, 1.165) is 12.8 Å². The van der Waals surface area contributed by atoms with E-state index in [0.29, 0.717) is 12.8 Å². The lowest BCUT2D eigenvalue weighted by Crippen LogP contribution is -2.40. The van der Waals surface area contributed by atoms with Crippen LogP contribution in [-0.4, -0.2) is 23.5 Å². The summed E-state index contributed by atoms with van der Waals surface area (Å²) >= 11 is 0. The summed E-state index contributed by atoms with van der Waals surface area (Å²) in [4.78, 5) is 22.2. The molecule has 0 bridgehead atoms. The van der Waals surface area contributed by atoms with Gasteiger partial charge in [-0.15, -0.1) is 0 Å². The molecule has 0 saturated heterocycles. The first-order valence-corrected chi connectivity index (χ1v) is 5.46. The Kier molecular flexibility index (Phi) is 5.97. The topological polar surface area (TPSA) is 66.4 Å². The van der Waals surface area contributed by atoms with Crippen LogP contribution in [0.4, 0.5) is 0 Å². The zero-order chi connectivity index (χ0) is 11.9. The first kappa shape index (κ1) is 13.9. The first-order chi connectivity index (χ1) is 6.96. The van der Waals surface area contributed by atoms with Gasteiger partial charge < -0.3 is 10.4 Å². The SMILES string of the molecule is CCCCC(=O)NCC(C)(CC)C(=O)O. The van der Waals surface area contributed by atoms with Crippen LogP contribution in [0.25, 0.3) is 0 Å². The van der Waals surface area contributed by atoms with Crippen LogP contribution >= 0.6 is 0 Å². The van der Waals surface area contributed by atoms with Gasteiger partial charge in [-0.1, -0.05) is 20.3 Å². The molecule has 0 aromatic carbocycles. The molecule has 0 rings (SSSR count). The lowest BCUT2D eigenvalue weighted by atomic mass is 9.87. The molecule has 1 amide bonds. The number of nitrogens with one attached hydrogen (secondary N) is 1. The summed E-state index contributed by atoms with van der Waals surface area (Å²) in [5.41, 5.74) is -0.845. The van der Waals surface area contributed by atoms with E-state index in [9.17, 15) is 9.59 Å². The van der Waals surface area contributed by atoms with Gasteiger partial charge in [-0.3, -0.25) is 9.59 Å². The van der Waals surface area contributed by atoms with Crippen molar-refractivity contribution in [1.82, 2.24) is 5.32 Å². The Morgan fingerprint density at radius 3 is 2.33 bits per heavy atom. The maximum atomic E-state index is 11.3. The highest BCUT2D eigenvalue weighted by atomic mass is 16.4. The molecule has 1 atom stereocenters. The Bertz CT molecular complexity index is 228. The smallest absolute Gasteiger partial charge is 0.311 e. The number of hydrogen-bond acceptors (Lipinski definition) is 2. The van der Waals surface area contributed by atoms with E-state index >= 15 is 0 Å². The minimum atomic E-state index is -0.860. The van der Waals surface area contributed by atoms with Crippen molar-refractivity contribution in [2.75, 3.05) is 6.54 Å². The predicted molar refractivity (Wildman–Crippen MR) is 58.6 cm³/mol. The molecule has 2 N–H and O–H groups in total. The van der Waals surface area contributed by atoms with Gasteiger partial charge in [0.05, 0.1) is 5.41 Å². The van der Waals surface area contributed by atoms with Gasteiger partial charge in [0.25, 0.3) is 0 Å². The molecule has 0 aromatic rings. The third kappa shape index (κ3) is 4.81. The Labute approximate surface area is 91.1 Å². The monoisotopic (exact) mass is 215 g/mol. The fourth-order valence-electron chi connectivity index (χ4n) is 1.07. The summed E-state index contributed by atoms with van der Waals surface area (Å²) in [6, 6.07) is 0. The molecule has 0 fully saturated rings. The van der Waals surface area contributed by atoms with Crippen LogP contribution in [0.3, 0.4) is 0 Å². The van der Waals surface area contributed by atoms with E-state index in [1.54, 1.807) is 6.92 Å². The Hall–Kier alpha value is -1.06. The van der Waals surface area contributed by atoms with E-state index in [1.165, 1.54) is 0 Å². The van der Waals surface area contributed by atoms with Gasteiger partial charge in [0.2, 0.25) is 5.91 Å². The van der Waals surface area contributed by atoms with Crippen molar-refractivity contribution < 1.29 is 14.7 Å². The van der Waals surface area contributed by atoms with E-state index in [-0.39, 0.29) is 12.5 Å². The number of carboxylic acid groups (broad SMARTS) is 1. The number of hydrogen-bond donors (Lipinski definition) is 2. The first-order valence-electron chi connectivity index (χ1n) is 5.46. The Morgan fingerprint density at radius 2 is 1.93 bits per heavy atom. The number of unbranched alkanes of at least 4 members (excludes halogenated alkanes) is 1. The average molecular weight is 215 g/mol. The van der Waals surface area contributed by atoms with Crippen LogP contribution in [0, 0.1) is 5.41 Å². The second kappa shape index (κ2) is 6.43. The summed E-state index contributed by atoms with van der Waals surface area (Å²) in [5, 5.41) is 11.6. The van der Waals surface area contributed by atoms with E-state index in [2.05, 4.69) is 5.32 Å². The summed E-state index contributed by atoms with van der Waals surface area (Å²) in [6.07, 6.45) is 2.81. The van der Waals surface area contributed by atoms with Gasteiger partial charge in [-0.2, -0.15) is 0 Å². The molecule has 0 radical (unpaired) electrons. The number of carbonyl (C=O) groups excluding carboxylic acids is 1. The fourth-order valence-corrected chi connectivity index (χ4v) is 1.07.